The highest BCUT2D eigenvalue weighted by molar-refractivity contribution is 7.98. The van der Waals surface area contributed by atoms with Gasteiger partial charge in [-0.2, -0.15) is 0 Å². The zero-order valence-corrected chi connectivity index (χ0v) is 10.4. The fourth-order valence-corrected chi connectivity index (χ4v) is 2.57. The molecule has 0 aliphatic carbocycles. The fraction of sp³-hybridized carbons (Fsp3) is 0.214. The van der Waals surface area contributed by atoms with Crippen LogP contribution in [0.3, 0.4) is 0 Å². The lowest BCUT2D eigenvalue weighted by Crippen LogP contribution is -1.85. The molecule has 0 unspecified atom stereocenters. The van der Waals surface area contributed by atoms with Crippen LogP contribution >= 0.6 is 11.8 Å². The van der Waals surface area contributed by atoms with Crippen LogP contribution in [-0.4, -0.2) is 4.98 Å². The van der Waals surface area contributed by atoms with E-state index in [1.807, 2.05) is 30.2 Å². The molecule has 1 heterocycles. The molecule has 0 N–H and O–H groups in total. The maximum absolute atomic E-state index is 4.12. The van der Waals surface area contributed by atoms with Crippen molar-refractivity contribution in [3.63, 3.8) is 0 Å². The number of benzene rings is 1. The van der Waals surface area contributed by atoms with E-state index in [1.54, 1.807) is 0 Å². The first-order valence-electron chi connectivity index (χ1n) is 5.34. The van der Waals surface area contributed by atoms with Gasteiger partial charge >= 0.3 is 0 Å². The SMILES string of the molecule is Cc1ccc(C)c(SCc2cccnc2)c1. The third-order valence-electron chi connectivity index (χ3n) is 2.46. The van der Waals surface area contributed by atoms with E-state index in [-0.39, 0.29) is 0 Å². The van der Waals surface area contributed by atoms with E-state index < -0.39 is 0 Å². The van der Waals surface area contributed by atoms with Crippen LogP contribution in [-0.2, 0) is 5.75 Å². The largest absolute Gasteiger partial charge is 0.264 e. The lowest BCUT2D eigenvalue weighted by atomic mass is 10.2. The minimum atomic E-state index is 0.984. The number of nitrogens with zero attached hydrogens (tertiary/aromatic N) is 1. The summed E-state index contributed by atoms with van der Waals surface area (Å²) in [6.07, 6.45) is 3.74. The summed E-state index contributed by atoms with van der Waals surface area (Å²) >= 11 is 1.87. The topological polar surface area (TPSA) is 12.9 Å². The molecule has 1 aromatic heterocycles. The summed E-state index contributed by atoms with van der Waals surface area (Å²) in [5.74, 6) is 0.984. The Morgan fingerprint density at radius 1 is 1.19 bits per heavy atom. The van der Waals surface area contributed by atoms with Gasteiger partial charge in [-0.1, -0.05) is 23.8 Å². The molecule has 0 radical (unpaired) electrons. The van der Waals surface area contributed by atoms with E-state index in [9.17, 15) is 0 Å². The first-order valence-corrected chi connectivity index (χ1v) is 6.33. The highest BCUT2D eigenvalue weighted by Gasteiger charge is 2.00. The fourth-order valence-electron chi connectivity index (χ4n) is 1.51. The highest BCUT2D eigenvalue weighted by Crippen LogP contribution is 2.26. The molecule has 1 nitrogen and oxygen atoms in total. The summed E-state index contributed by atoms with van der Waals surface area (Å²) in [5, 5.41) is 0. The Morgan fingerprint density at radius 3 is 2.81 bits per heavy atom. The number of aromatic nitrogens is 1. The number of aryl methyl sites for hydroxylation is 2. The van der Waals surface area contributed by atoms with Gasteiger partial charge in [-0.25, -0.2) is 0 Å². The Kier molecular flexibility index (Phi) is 3.62. The van der Waals surface area contributed by atoms with Crippen LogP contribution < -0.4 is 0 Å². The average Bonchev–Trinajstić information content (AvgIpc) is 2.32. The Labute approximate surface area is 101 Å². The van der Waals surface area contributed by atoms with E-state index in [1.165, 1.54) is 21.6 Å². The molecule has 2 aromatic rings. The molecule has 0 saturated heterocycles. The molecule has 0 bridgehead atoms. The second kappa shape index (κ2) is 5.17. The van der Waals surface area contributed by atoms with E-state index in [2.05, 4.69) is 43.1 Å². The van der Waals surface area contributed by atoms with Crippen molar-refractivity contribution in [2.75, 3.05) is 0 Å². The molecule has 0 aliphatic heterocycles. The Hall–Kier alpha value is -1.28. The van der Waals surface area contributed by atoms with Gasteiger partial charge < -0.3 is 0 Å². The van der Waals surface area contributed by atoms with Crippen LogP contribution in [0.15, 0.2) is 47.6 Å². The molecule has 0 amide bonds. The van der Waals surface area contributed by atoms with Crippen LogP contribution in [0.5, 0.6) is 0 Å². The van der Waals surface area contributed by atoms with Gasteiger partial charge in [0.05, 0.1) is 0 Å². The molecular formula is C14H15NS. The zero-order chi connectivity index (χ0) is 11.4. The molecule has 0 fully saturated rings. The lowest BCUT2D eigenvalue weighted by molar-refractivity contribution is 1.23. The van der Waals surface area contributed by atoms with Crippen LogP contribution in [0.4, 0.5) is 0 Å². The van der Waals surface area contributed by atoms with Crippen molar-refractivity contribution in [2.24, 2.45) is 0 Å². The van der Waals surface area contributed by atoms with Gasteiger partial charge in [-0.3, -0.25) is 4.98 Å². The predicted molar refractivity (Wildman–Crippen MR) is 69.7 cm³/mol. The van der Waals surface area contributed by atoms with Crippen molar-refractivity contribution >= 4 is 11.8 Å². The van der Waals surface area contributed by atoms with Crippen LogP contribution in [0, 0.1) is 13.8 Å². The van der Waals surface area contributed by atoms with Gasteiger partial charge in [0.1, 0.15) is 0 Å². The zero-order valence-electron chi connectivity index (χ0n) is 9.60. The number of pyridine rings is 1. The maximum atomic E-state index is 4.12. The molecule has 2 heteroatoms. The minimum absolute atomic E-state index is 0.984. The van der Waals surface area contributed by atoms with Crippen molar-refractivity contribution in [1.82, 2.24) is 4.98 Å². The molecule has 82 valence electrons. The van der Waals surface area contributed by atoms with Crippen molar-refractivity contribution < 1.29 is 0 Å². The van der Waals surface area contributed by atoms with Gasteiger partial charge in [0, 0.05) is 23.0 Å². The second-order valence-electron chi connectivity index (χ2n) is 3.92. The van der Waals surface area contributed by atoms with E-state index in [0.29, 0.717) is 0 Å². The van der Waals surface area contributed by atoms with Crippen molar-refractivity contribution in [3.05, 3.63) is 59.4 Å². The summed E-state index contributed by atoms with van der Waals surface area (Å²) in [7, 11) is 0. The third-order valence-corrected chi connectivity index (χ3v) is 3.69. The number of hydrogen-bond acceptors (Lipinski definition) is 2. The summed E-state index contributed by atoms with van der Waals surface area (Å²) < 4.78 is 0. The molecule has 1 aromatic carbocycles. The summed E-state index contributed by atoms with van der Waals surface area (Å²) in [4.78, 5) is 5.49. The summed E-state index contributed by atoms with van der Waals surface area (Å²) in [5.41, 5.74) is 3.94. The minimum Gasteiger partial charge on any atom is -0.264 e. The van der Waals surface area contributed by atoms with Crippen LogP contribution in [0.1, 0.15) is 16.7 Å². The van der Waals surface area contributed by atoms with Gasteiger partial charge in [0.15, 0.2) is 0 Å². The third kappa shape index (κ3) is 2.86. The molecule has 16 heavy (non-hydrogen) atoms. The average molecular weight is 229 g/mol. The first kappa shape index (κ1) is 11.2. The normalized spacial score (nSPS) is 10.4. The Bertz CT molecular complexity index is 465. The van der Waals surface area contributed by atoms with Gasteiger partial charge in [0.25, 0.3) is 0 Å². The van der Waals surface area contributed by atoms with Crippen molar-refractivity contribution in [2.45, 2.75) is 24.5 Å². The molecule has 0 spiro atoms. The van der Waals surface area contributed by atoms with Gasteiger partial charge in [-0.15, -0.1) is 11.8 Å². The molecule has 0 aliphatic rings. The van der Waals surface area contributed by atoms with Crippen LogP contribution in [0.2, 0.25) is 0 Å². The maximum Gasteiger partial charge on any atom is 0.0308 e. The molecular weight excluding hydrogens is 214 g/mol. The van der Waals surface area contributed by atoms with Crippen molar-refractivity contribution in [3.8, 4) is 0 Å². The van der Waals surface area contributed by atoms with E-state index >= 15 is 0 Å². The second-order valence-corrected chi connectivity index (χ2v) is 4.94. The Morgan fingerprint density at radius 2 is 2.06 bits per heavy atom. The quantitative estimate of drug-likeness (QED) is 0.738. The monoisotopic (exact) mass is 229 g/mol. The molecule has 0 saturated carbocycles. The van der Waals surface area contributed by atoms with Gasteiger partial charge in [0.2, 0.25) is 0 Å². The molecule has 0 atom stereocenters. The lowest BCUT2D eigenvalue weighted by Gasteiger charge is -2.06. The van der Waals surface area contributed by atoms with E-state index in [0.717, 1.165) is 5.75 Å². The Balaban J connectivity index is 2.08. The van der Waals surface area contributed by atoms with E-state index in [4.69, 9.17) is 0 Å². The van der Waals surface area contributed by atoms with Crippen LogP contribution in [0.25, 0.3) is 0 Å². The highest BCUT2D eigenvalue weighted by atomic mass is 32.2. The summed E-state index contributed by atoms with van der Waals surface area (Å²) in [6.45, 7) is 4.29. The number of hydrogen-bond donors (Lipinski definition) is 0. The molecule has 2 rings (SSSR count). The number of rotatable bonds is 3. The smallest absolute Gasteiger partial charge is 0.0308 e. The van der Waals surface area contributed by atoms with Crippen molar-refractivity contribution in [1.29, 1.82) is 0 Å². The standard InChI is InChI=1S/C14H15NS/c1-11-5-6-12(2)14(8-11)16-10-13-4-3-7-15-9-13/h3-9H,10H2,1-2H3. The number of thioether (sulfide) groups is 1. The first-order chi connectivity index (χ1) is 7.75. The summed E-state index contributed by atoms with van der Waals surface area (Å²) in [6, 6.07) is 10.7. The predicted octanol–water partition coefficient (Wildman–Crippen LogP) is 3.99. The van der Waals surface area contributed by atoms with Gasteiger partial charge in [-0.05, 0) is 37.1 Å².